The molecule has 1 aliphatic heterocycles. The predicted octanol–water partition coefficient (Wildman–Crippen LogP) is 2.67. The predicted molar refractivity (Wildman–Crippen MR) is 81.2 cm³/mol. The Morgan fingerprint density at radius 1 is 1.24 bits per heavy atom. The molecule has 0 spiro atoms. The molecule has 1 aromatic rings. The summed E-state index contributed by atoms with van der Waals surface area (Å²) in [6.07, 6.45) is 0. The van der Waals surface area contributed by atoms with E-state index in [0.717, 1.165) is 0 Å². The van der Waals surface area contributed by atoms with E-state index in [1.54, 1.807) is 0 Å². The highest BCUT2D eigenvalue weighted by Crippen LogP contribution is 2.37. The third kappa shape index (κ3) is 2.87. The third-order valence-electron chi connectivity index (χ3n) is 4.00. The van der Waals surface area contributed by atoms with Gasteiger partial charge in [0, 0.05) is 9.94 Å². The van der Waals surface area contributed by atoms with E-state index in [1.807, 2.05) is 27.7 Å². The van der Waals surface area contributed by atoms with E-state index >= 15 is 0 Å². The molecule has 114 valence electrons. The van der Waals surface area contributed by atoms with E-state index in [4.69, 9.17) is 9.31 Å². The summed E-state index contributed by atoms with van der Waals surface area (Å²) in [5, 5.41) is 0. The van der Waals surface area contributed by atoms with Crippen LogP contribution < -0.4 is 5.46 Å². The maximum atomic E-state index is 14.2. The van der Waals surface area contributed by atoms with Crippen LogP contribution in [0, 0.1) is 5.82 Å². The minimum atomic E-state index is -0.869. The summed E-state index contributed by atoms with van der Waals surface area (Å²) in [4.78, 5) is 11.7. The zero-order valence-corrected chi connectivity index (χ0v) is 14.2. The Morgan fingerprint density at radius 2 is 1.76 bits per heavy atom. The molecule has 0 bridgehead atoms. The van der Waals surface area contributed by atoms with E-state index < -0.39 is 30.1 Å². The number of ether oxygens (including phenoxy) is 1. The van der Waals surface area contributed by atoms with Gasteiger partial charge in [-0.15, -0.1) is 0 Å². The van der Waals surface area contributed by atoms with Crippen molar-refractivity contribution in [3.8, 4) is 0 Å². The van der Waals surface area contributed by atoms with Crippen LogP contribution in [0.25, 0.3) is 0 Å². The van der Waals surface area contributed by atoms with Crippen molar-refractivity contribution in [2.45, 2.75) is 38.9 Å². The molecule has 0 saturated carbocycles. The van der Waals surface area contributed by atoms with Gasteiger partial charge in [-0.1, -0.05) is 0 Å². The first-order valence-corrected chi connectivity index (χ1v) is 7.31. The normalized spacial score (nSPS) is 19.7. The van der Waals surface area contributed by atoms with Crippen LogP contribution in [0.3, 0.4) is 0 Å². The Hall–Kier alpha value is -0.915. The Morgan fingerprint density at radius 3 is 2.24 bits per heavy atom. The van der Waals surface area contributed by atoms with Crippen molar-refractivity contribution >= 4 is 34.5 Å². The quantitative estimate of drug-likeness (QED) is 0.602. The molecular weight excluding hydrogens is 342 g/mol. The maximum absolute atomic E-state index is 14.2. The van der Waals surface area contributed by atoms with E-state index in [-0.39, 0.29) is 11.0 Å². The first kappa shape index (κ1) is 16.5. The van der Waals surface area contributed by atoms with Crippen LogP contribution in [0.2, 0.25) is 0 Å². The summed E-state index contributed by atoms with van der Waals surface area (Å²) in [6, 6.07) is 2.61. The van der Waals surface area contributed by atoms with Crippen molar-refractivity contribution < 1.29 is 23.2 Å². The number of carbonyl (C=O) groups is 1. The molecule has 1 aromatic carbocycles. The van der Waals surface area contributed by atoms with Gasteiger partial charge in [0.25, 0.3) is 0 Å². The first-order chi connectivity index (χ1) is 9.59. The number of benzene rings is 1. The topological polar surface area (TPSA) is 44.8 Å². The maximum Gasteiger partial charge on any atom is 0.497 e. The minimum absolute atomic E-state index is 0.178. The lowest BCUT2D eigenvalue weighted by molar-refractivity contribution is 0.00578. The molecule has 0 atom stereocenters. The van der Waals surface area contributed by atoms with Gasteiger partial charge < -0.3 is 14.0 Å². The van der Waals surface area contributed by atoms with E-state index in [9.17, 15) is 9.18 Å². The van der Waals surface area contributed by atoms with Crippen LogP contribution in [0.4, 0.5) is 4.39 Å². The Labute approximate surface area is 132 Å². The smallest absolute Gasteiger partial charge is 0.465 e. The van der Waals surface area contributed by atoms with Crippen LogP contribution in [0.1, 0.15) is 38.1 Å². The molecule has 7 heteroatoms. The van der Waals surface area contributed by atoms with Gasteiger partial charge in [0.05, 0.1) is 23.9 Å². The minimum Gasteiger partial charge on any atom is -0.465 e. The molecule has 0 radical (unpaired) electrons. The zero-order valence-electron chi connectivity index (χ0n) is 12.6. The second-order valence-electron chi connectivity index (χ2n) is 5.93. The van der Waals surface area contributed by atoms with Crippen LogP contribution in [-0.2, 0) is 14.0 Å². The zero-order chi connectivity index (χ0) is 16.0. The number of halogens is 2. The van der Waals surface area contributed by atoms with Crippen molar-refractivity contribution in [3.05, 3.63) is 28.0 Å². The lowest BCUT2D eigenvalue weighted by Gasteiger charge is -2.32. The van der Waals surface area contributed by atoms with E-state index in [1.165, 1.54) is 19.2 Å². The molecule has 1 saturated heterocycles. The second-order valence-corrected chi connectivity index (χ2v) is 6.79. The molecule has 1 aliphatic rings. The Kier molecular flexibility index (Phi) is 4.21. The fourth-order valence-electron chi connectivity index (χ4n) is 1.98. The lowest BCUT2D eigenvalue weighted by Crippen LogP contribution is -2.41. The van der Waals surface area contributed by atoms with Crippen molar-refractivity contribution in [2.75, 3.05) is 7.11 Å². The summed E-state index contributed by atoms with van der Waals surface area (Å²) in [5.74, 6) is -1.06. The van der Waals surface area contributed by atoms with Gasteiger partial charge in [0.1, 0.15) is 5.82 Å². The monoisotopic (exact) mass is 358 g/mol. The summed E-state index contributed by atoms with van der Waals surface area (Å²) < 4.78 is 30.8. The van der Waals surface area contributed by atoms with Gasteiger partial charge in [0.15, 0.2) is 0 Å². The van der Waals surface area contributed by atoms with E-state index in [2.05, 4.69) is 20.7 Å². The molecule has 0 N–H and O–H groups in total. The van der Waals surface area contributed by atoms with Gasteiger partial charge in [-0.3, -0.25) is 0 Å². The molecule has 4 nitrogen and oxygen atoms in total. The fraction of sp³-hybridized carbons (Fsp3) is 0.500. The number of rotatable bonds is 2. The molecule has 0 aromatic heterocycles. The summed E-state index contributed by atoms with van der Waals surface area (Å²) in [7, 11) is 0.401. The summed E-state index contributed by atoms with van der Waals surface area (Å²) >= 11 is 3.15. The van der Waals surface area contributed by atoms with E-state index in [0.29, 0.717) is 4.47 Å². The van der Waals surface area contributed by atoms with Crippen molar-refractivity contribution in [3.63, 3.8) is 0 Å². The first-order valence-electron chi connectivity index (χ1n) is 6.52. The van der Waals surface area contributed by atoms with Crippen LogP contribution in [-0.4, -0.2) is 31.4 Å². The number of methoxy groups -OCH3 is 1. The molecular formula is C14H17BBrFO4. The van der Waals surface area contributed by atoms with Crippen LogP contribution in [0.15, 0.2) is 16.6 Å². The number of carbonyl (C=O) groups excluding carboxylic acids is 1. The summed E-state index contributed by atoms with van der Waals surface area (Å²) in [5.41, 5.74) is -0.758. The molecule has 0 amide bonds. The highest BCUT2D eigenvalue weighted by atomic mass is 79.9. The number of esters is 1. The van der Waals surface area contributed by atoms with Crippen molar-refractivity contribution in [1.29, 1.82) is 0 Å². The van der Waals surface area contributed by atoms with Gasteiger partial charge in [0.2, 0.25) is 0 Å². The molecule has 1 fully saturated rings. The van der Waals surface area contributed by atoms with Crippen molar-refractivity contribution in [2.24, 2.45) is 0 Å². The highest BCUT2D eigenvalue weighted by Gasteiger charge is 2.52. The molecule has 21 heavy (non-hydrogen) atoms. The molecule has 2 rings (SSSR count). The third-order valence-corrected chi connectivity index (χ3v) is 4.65. The van der Waals surface area contributed by atoms with Crippen LogP contribution >= 0.6 is 15.9 Å². The summed E-state index contributed by atoms with van der Waals surface area (Å²) in [6.45, 7) is 7.52. The molecule has 0 aliphatic carbocycles. The number of hydrogen-bond donors (Lipinski definition) is 0. The standard InChI is InChI=1S/C14H17BBrFO4/c1-13(2)14(3,4)21-15(20-13)9-6-8(12(18)19-5)10(16)7-11(9)17/h6-7H,1-5H3. The second kappa shape index (κ2) is 5.37. The lowest BCUT2D eigenvalue weighted by atomic mass is 9.78. The molecule has 1 heterocycles. The van der Waals surface area contributed by atoms with Gasteiger partial charge in [-0.25, -0.2) is 9.18 Å². The SMILES string of the molecule is COC(=O)c1cc(B2OC(C)(C)C(C)(C)O2)c(F)cc1Br. The van der Waals surface area contributed by atoms with Crippen molar-refractivity contribution in [1.82, 2.24) is 0 Å². The Balaban J connectivity index is 2.44. The van der Waals surface area contributed by atoms with Gasteiger partial charge in [-0.05, 0) is 55.8 Å². The van der Waals surface area contributed by atoms with Gasteiger partial charge >= 0.3 is 13.1 Å². The average Bonchev–Trinajstić information content (AvgIpc) is 2.57. The highest BCUT2D eigenvalue weighted by molar-refractivity contribution is 9.10. The number of hydrogen-bond acceptors (Lipinski definition) is 4. The fourth-order valence-corrected chi connectivity index (χ4v) is 2.46. The van der Waals surface area contributed by atoms with Crippen LogP contribution in [0.5, 0.6) is 0 Å². The largest absolute Gasteiger partial charge is 0.497 e. The Bertz CT molecular complexity index is 573. The van der Waals surface area contributed by atoms with Gasteiger partial charge in [-0.2, -0.15) is 0 Å². The average molecular weight is 359 g/mol. The molecule has 0 unspecified atom stereocenters.